The minimum Gasteiger partial charge on any atom is -0.494 e. The van der Waals surface area contributed by atoms with Gasteiger partial charge in [0.25, 0.3) is 0 Å². The largest absolute Gasteiger partial charge is 0.494 e. The molecule has 3 heteroatoms. The van der Waals surface area contributed by atoms with E-state index in [2.05, 4.69) is 56.9 Å². The highest BCUT2D eigenvalue weighted by Crippen LogP contribution is 2.37. The molecule has 1 atom stereocenters. The molecule has 1 unspecified atom stereocenters. The molecule has 178 valence electrons. The first-order valence-electron chi connectivity index (χ1n) is 12.8. The van der Waals surface area contributed by atoms with Crippen molar-refractivity contribution in [1.29, 1.82) is 5.26 Å². The number of aryl methyl sites for hydroxylation is 2. The Balaban J connectivity index is 1.41. The lowest BCUT2D eigenvalue weighted by Crippen LogP contribution is -2.36. The fraction of sp³-hybridized carbons (Fsp3) is 0.567. The van der Waals surface area contributed by atoms with Crippen LogP contribution in [0.2, 0.25) is 0 Å². The monoisotopic (exact) mass is 446 g/mol. The molecule has 33 heavy (non-hydrogen) atoms. The predicted molar refractivity (Wildman–Crippen MR) is 138 cm³/mol. The molecule has 0 spiro atoms. The second-order valence-electron chi connectivity index (χ2n) is 10.2. The SMILES string of the molecule is Cc1ccc(C(C#N)(CCCN2CCC(CCCOc3ccccc3)CC2)C(C)C)cc1C. The number of piperidine rings is 1. The Kier molecular flexibility index (Phi) is 9.39. The first kappa shape index (κ1) is 25.3. The van der Waals surface area contributed by atoms with Gasteiger partial charge in [-0.15, -0.1) is 0 Å². The van der Waals surface area contributed by atoms with E-state index in [4.69, 9.17) is 4.74 Å². The molecule has 3 nitrogen and oxygen atoms in total. The van der Waals surface area contributed by atoms with Gasteiger partial charge in [0.1, 0.15) is 5.75 Å². The number of hydrogen-bond acceptors (Lipinski definition) is 3. The van der Waals surface area contributed by atoms with Crippen molar-refractivity contribution in [2.24, 2.45) is 11.8 Å². The summed E-state index contributed by atoms with van der Waals surface area (Å²) in [6, 6.07) is 19.4. The molecule has 2 aromatic rings. The van der Waals surface area contributed by atoms with E-state index in [9.17, 15) is 5.26 Å². The number of benzene rings is 2. The van der Waals surface area contributed by atoms with E-state index in [1.54, 1.807) is 0 Å². The third-order valence-electron chi connectivity index (χ3n) is 7.73. The van der Waals surface area contributed by atoms with Crippen LogP contribution in [0.3, 0.4) is 0 Å². The smallest absolute Gasteiger partial charge is 0.119 e. The van der Waals surface area contributed by atoms with Gasteiger partial charge in [0.05, 0.1) is 18.1 Å². The van der Waals surface area contributed by atoms with Crippen molar-refractivity contribution in [3.8, 4) is 11.8 Å². The van der Waals surface area contributed by atoms with Gasteiger partial charge in [-0.1, -0.05) is 50.2 Å². The van der Waals surface area contributed by atoms with Crippen LogP contribution in [0.25, 0.3) is 0 Å². The molecule has 1 aliphatic rings. The molecule has 1 aliphatic heterocycles. The summed E-state index contributed by atoms with van der Waals surface area (Å²) in [5.41, 5.74) is 3.38. The van der Waals surface area contributed by atoms with Crippen LogP contribution in [0.1, 0.15) is 69.1 Å². The molecule has 1 heterocycles. The third kappa shape index (κ3) is 6.84. The van der Waals surface area contributed by atoms with Gasteiger partial charge in [0.15, 0.2) is 0 Å². The number of nitrogens with zero attached hydrogens (tertiary/aromatic N) is 2. The molecule has 0 saturated carbocycles. The Morgan fingerprint density at radius 3 is 2.39 bits per heavy atom. The molecule has 1 saturated heterocycles. The van der Waals surface area contributed by atoms with Gasteiger partial charge in [0, 0.05) is 0 Å². The van der Waals surface area contributed by atoms with Gasteiger partial charge in [-0.3, -0.25) is 0 Å². The van der Waals surface area contributed by atoms with Crippen molar-refractivity contribution in [2.75, 3.05) is 26.2 Å². The summed E-state index contributed by atoms with van der Waals surface area (Å²) in [5, 5.41) is 10.2. The topological polar surface area (TPSA) is 36.3 Å². The Morgan fingerprint density at radius 1 is 1.03 bits per heavy atom. The molecule has 0 bridgehead atoms. The highest BCUT2D eigenvalue weighted by Gasteiger charge is 2.36. The van der Waals surface area contributed by atoms with Crippen LogP contribution in [0.5, 0.6) is 5.75 Å². The normalized spacial score (nSPS) is 17.0. The predicted octanol–water partition coefficient (Wildman–Crippen LogP) is 7.07. The molecule has 0 aromatic heterocycles. The van der Waals surface area contributed by atoms with Crippen molar-refractivity contribution < 1.29 is 4.74 Å². The van der Waals surface area contributed by atoms with Crippen LogP contribution < -0.4 is 4.74 Å². The third-order valence-corrected chi connectivity index (χ3v) is 7.73. The second kappa shape index (κ2) is 12.2. The molecular weight excluding hydrogens is 404 g/mol. The Hall–Kier alpha value is -2.31. The summed E-state index contributed by atoms with van der Waals surface area (Å²) in [5.74, 6) is 2.10. The lowest BCUT2D eigenvalue weighted by molar-refractivity contribution is 0.165. The van der Waals surface area contributed by atoms with E-state index < -0.39 is 5.41 Å². The Morgan fingerprint density at radius 2 is 1.76 bits per heavy atom. The van der Waals surface area contributed by atoms with Crippen LogP contribution in [0.4, 0.5) is 0 Å². The molecule has 3 rings (SSSR count). The van der Waals surface area contributed by atoms with Crippen LogP contribution in [0.15, 0.2) is 48.5 Å². The number of para-hydroxylation sites is 1. The number of nitriles is 1. The van der Waals surface area contributed by atoms with E-state index in [0.29, 0.717) is 5.92 Å². The van der Waals surface area contributed by atoms with Crippen molar-refractivity contribution >= 4 is 0 Å². The van der Waals surface area contributed by atoms with Crippen LogP contribution in [0, 0.1) is 37.0 Å². The lowest BCUT2D eigenvalue weighted by Gasteiger charge is -2.35. The standard InChI is InChI=1S/C30H42N2O/c1-24(2)30(23-31,28-14-13-25(3)26(4)22-28)17-9-18-32-19-15-27(16-20-32)10-8-21-33-29-11-6-5-7-12-29/h5-7,11-14,22,24,27H,8-10,15-21H2,1-4H3. The summed E-state index contributed by atoms with van der Waals surface area (Å²) < 4.78 is 5.85. The van der Waals surface area contributed by atoms with Crippen molar-refractivity contribution in [2.45, 2.75) is 71.6 Å². The quantitative estimate of drug-likeness (QED) is 0.346. The first-order valence-corrected chi connectivity index (χ1v) is 12.8. The average molecular weight is 447 g/mol. The highest BCUT2D eigenvalue weighted by atomic mass is 16.5. The van der Waals surface area contributed by atoms with Crippen LogP contribution >= 0.6 is 0 Å². The van der Waals surface area contributed by atoms with Crippen molar-refractivity contribution in [3.63, 3.8) is 0 Å². The van der Waals surface area contributed by atoms with E-state index >= 15 is 0 Å². The van der Waals surface area contributed by atoms with E-state index in [1.807, 2.05) is 30.3 Å². The Labute approximate surface area is 201 Å². The average Bonchev–Trinajstić information content (AvgIpc) is 2.83. The molecule has 0 N–H and O–H groups in total. The highest BCUT2D eigenvalue weighted by molar-refractivity contribution is 5.39. The molecule has 0 radical (unpaired) electrons. The zero-order valence-electron chi connectivity index (χ0n) is 21.1. The zero-order chi connectivity index (χ0) is 23.7. The molecule has 1 fully saturated rings. The summed E-state index contributed by atoms with van der Waals surface area (Å²) in [7, 11) is 0. The maximum Gasteiger partial charge on any atom is 0.119 e. The number of hydrogen-bond donors (Lipinski definition) is 0. The van der Waals surface area contributed by atoms with Gasteiger partial charge in [0.2, 0.25) is 0 Å². The number of rotatable bonds is 11. The maximum atomic E-state index is 10.2. The molecular formula is C30H42N2O. The van der Waals surface area contributed by atoms with Gasteiger partial charge >= 0.3 is 0 Å². The van der Waals surface area contributed by atoms with Gasteiger partial charge in [-0.25, -0.2) is 0 Å². The summed E-state index contributed by atoms with van der Waals surface area (Å²) in [6.45, 7) is 13.0. The second-order valence-corrected chi connectivity index (χ2v) is 10.2. The van der Waals surface area contributed by atoms with E-state index in [-0.39, 0.29) is 0 Å². The summed E-state index contributed by atoms with van der Waals surface area (Å²) in [6.07, 6.45) is 6.98. The van der Waals surface area contributed by atoms with E-state index in [0.717, 1.165) is 44.1 Å². The van der Waals surface area contributed by atoms with Crippen molar-refractivity contribution in [1.82, 2.24) is 4.90 Å². The van der Waals surface area contributed by atoms with Crippen molar-refractivity contribution in [3.05, 3.63) is 65.2 Å². The first-order chi connectivity index (χ1) is 15.9. The number of ether oxygens (including phenoxy) is 1. The molecule has 2 aromatic carbocycles. The lowest BCUT2D eigenvalue weighted by atomic mass is 9.69. The zero-order valence-corrected chi connectivity index (χ0v) is 21.1. The fourth-order valence-electron chi connectivity index (χ4n) is 5.19. The van der Waals surface area contributed by atoms with Crippen LogP contribution in [-0.2, 0) is 5.41 Å². The maximum absolute atomic E-state index is 10.2. The number of likely N-dealkylation sites (tertiary alicyclic amines) is 1. The summed E-state index contributed by atoms with van der Waals surface area (Å²) >= 11 is 0. The fourth-order valence-corrected chi connectivity index (χ4v) is 5.19. The van der Waals surface area contributed by atoms with Gasteiger partial charge < -0.3 is 9.64 Å². The van der Waals surface area contributed by atoms with Crippen LogP contribution in [-0.4, -0.2) is 31.1 Å². The summed E-state index contributed by atoms with van der Waals surface area (Å²) in [4.78, 5) is 2.61. The minimum atomic E-state index is -0.393. The minimum absolute atomic E-state index is 0.299. The van der Waals surface area contributed by atoms with Gasteiger partial charge in [-0.05, 0) is 113 Å². The Bertz CT molecular complexity index is 893. The van der Waals surface area contributed by atoms with Gasteiger partial charge in [-0.2, -0.15) is 5.26 Å². The van der Waals surface area contributed by atoms with E-state index in [1.165, 1.54) is 49.0 Å². The molecule has 0 amide bonds. The molecule has 0 aliphatic carbocycles.